The molecule has 0 spiro atoms. The molecule has 0 aliphatic rings. The molecule has 2 aromatic rings. The molecule has 2 rings (SSSR count). The summed E-state index contributed by atoms with van der Waals surface area (Å²) in [4.78, 5) is 15.9. The van der Waals surface area contributed by atoms with Crippen molar-refractivity contribution >= 4 is 17.5 Å². The Bertz CT molecular complexity index is 493. The zero-order chi connectivity index (χ0) is 12.8. The van der Waals surface area contributed by atoms with Crippen LogP contribution in [-0.2, 0) is 6.42 Å². The van der Waals surface area contributed by atoms with Crippen LogP contribution >= 0.6 is 11.8 Å². The molecule has 0 aliphatic heterocycles. The first-order chi connectivity index (χ1) is 8.79. The van der Waals surface area contributed by atoms with Gasteiger partial charge in [0.25, 0.3) is 0 Å². The third-order valence-electron chi connectivity index (χ3n) is 2.55. The summed E-state index contributed by atoms with van der Waals surface area (Å²) in [7, 11) is 0. The van der Waals surface area contributed by atoms with Gasteiger partial charge in [0.15, 0.2) is 10.9 Å². The molecular weight excluding hydrogens is 246 g/mol. The smallest absolute Gasteiger partial charge is 0.183 e. The summed E-state index contributed by atoms with van der Waals surface area (Å²) in [6.07, 6.45) is 3.61. The maximum atomic E-state index is 11.9. The standard InChI is InChI=1S/C13H15N3OS/c1-2-3-10-4-6-11(7-5-10)12(17)8-18-13-14-9-15-16-13/h4-7,9H,2-3,8H2,1H3,(H,14,15,16). The Labute approximate surface area is 110 Å². The number of H-pyrrole nitrogens is 1. The highest BCUT2D eigenvalue weighted by atomic mass is 32.2. The van der Waals surface area contributed by atoms with Crippen LogP contribution in [0, 0.1) is 0 Å². The van der Waals surface area contributed by atoms with E-state index in [9.17, 15) is 4.79 Å². The maximum Gasteiger partial charge on any atom is 0.183 e. The third-order valence-corrected chi connectivity index (χ3v) is 3.42. The molecule has 0 aliphatic carbocycles. The fraction of sp³-hybridized carbons (Fsp3) is 0.308. The van der Waals surface area contributed by atoms with Gasteiger partial charge < -0.3 is 0 Å². The van der Waals surface area contributed by atoms with Crippen LogP contribution in [0.5, 0.6) is 0 Å². The SMILES string of the molecule is CCCc1ccc(C(=O)CSc2ncn[nH]2)cc1. The van der Waals surface area contributed by atoms with E-state index in [-0.39, 0.29) is 5.78 Å². The Hall–Kier alpha value is -1.62. The van der Waals surface area contributed by atoms with Crippen LogP contribution in [0.1, 0.15) is 29.3 Å². The lowest BCUT2D eigenvalue weighted by Crippen LogP contribution is -2.02. The van der Waals surface area contributed by atoms with Crippen LogP contribution in [0.25, 0.3) is 0 Å². The highest BCUT2D eigenvalue weighted by molar-refractivity contribution is 7.99. The number of thioether (sulfide) groups is 1. The molecule has 0 atom stereocenters. The van der Waals surface area contributed by atoms with Gasteiger partial charge in [-0.25, -0.2) is 4.98 Å². The summed E-state index contributed by atoms with van der Waals surface area (Å²) in [5.41, 5.74) is 2.03. The monoisotopic (exact) mass is 261 g/mol. The second-order valence-corrected chi connectivity index (χ2v) is 4.91. The van der Waals surface area contributed by atoms with Crippen molar-refractivity contribution in [2.24, 2.45) is 0 Å². The minimum Gasteiger partial charge on any atom is -0.293 e. The summed E-state index contributed by atoms with van der Waals surface area (Å²) in [5.74, 6) is 0.488. The molecule has 1 heterocycles. The predicted molar refractivity (Wildman–Crippen MR) is 71.9 cm³/mol. The van der Waals surface area contributed by atoms with Crippen LogP contribution in [0.2, 0.25) is 0 Å². The number of carbonyl (C=O) groups excluding carboxylic acids is 1. The Morgan fingerprint density at radius 2 is 2.11 bits per heavy atom. The van der Waals surface area contributed by atoms with Crippen molar-refractivity contribution in [2.75, 3.05) is 5.75 Å². The highest BCUT2D eigenvalue weighted by Crippen LogP contribution is 2.14. The number of aryl methyl sites for hydroxylation is 1. The normalized spacial score (nSPS) is 10.5. The van der Waals surface area contributed by atoms with Crippen molar-refractivity contribution in [2.45, 2.75) is 24.9 Å². The van der Waals surface area contributed by atoms with Gasteiger partial charge in [0, 0.05) is 5.56 Å². The van der Waals surface area contributed by atoms with Gasteiger partial charge in [0.1, 0.15) is 6.33 Å². The first-order valence-corrected chi connectivity index (χ1v) is 6.88. The average molecular weight is 261 g/mol. The topological polar surface area (TPSA) is 58.6 Å². The van der Waals surface area contributed by atoms with Crippen LogP contribution in [0.4, 0.5) is 0 Å². The maximum absolute atomic E-state index is 11.9. The number of hydrogen-bond donors (Lipinski definition) is 1. The fourth-order valence-corrected chi connectivity index (χ4v) is 2.30. The molecule has 0 amide bonds. The first kappa shape index (κ1) is 12.8. The Morgan fingerprint density at radius 3 is 2.72 bits per heavy atom. The van der Waals surface area contributed by atoms with E-state index in [4.69, 9.17) is 0 Å². The van der Waals surface area contributed by atoms with Crippen molar-refractivity contribution < 1.29 is 4.79 Å². The molecule has 1 aromatic heterocycles. The van der Waals surface area contributed by atoms with Gasteiger partial charge in [0.2, 0.25) is 0 Å². The van der Waals surface area contributed by atoms with E-state index in [2.05, 4.69) is 22.1 Å². The van der Waals surface area contributed by atoms with Crippen molar-refractivity contribution in [3.05, 3.63) is 41.7 Å². The van der Waals surface area contributed by atoms with E-state index >= 15 is 0 Å². The number of benzene rings is 1. The summed E-state index contributed by atoms with van der Waals surface area (Å²) in [5, 5.41) is 7.13. The number of ketones is 1. The van der Waals surface area contributed by atoms with E-state index in [1.54, 1.807) is 0 Å². The molecule has 4 nitrogen and oxygen atoms in total. The summed E-state index contributed by atoms with van der Waals surface area (Å²) in [6, 6.07) is 7.84. The fourth-order valence-electron chi connectivity index (χ4n) is 1.63. The zero-order valence-corrected chi connectivity index (χ0v) is 11.0. The molecule has 0 radical (unpaired) electrons. The van der Waals surface area contributed by atoms with Crippen molar-refractivity contribution in [3.63, 3.8) is 0 Å². The van der Waals surface area contributed by atoms with Crippen LogP contribution in [-0.4, -0.2) is 26.7 Å². The molecule has 1 N–H and O–H groups in total. The molecule has 5 heteroatoms. The number of aromatic amines is 1. The largest absolute Gasteiger partial charge is 0.293 e. The lowest BCUT2D eigenvalue weighted by molar-refractivity contribution is 0.102. The second kappa shape index (κ2) is 6.35. The van der Waals surface area contributed by atoms with E-state index < -0.39 is 0 Å². The van der Waals surface area contributed by atoms with Gasteiger partial charge >= 0.3 is 0 Å². The lowest BCUT2D eigenvalue weighted by atomic mass is 10.1. The number of nitrogens with one attached hydrogen (secondary N) is 1. The van der Waals surface area contributed by atoms with Crippen molar-refractivity contribution in [1.29, 1.82) is 0 Å². The van der Waals surface area contributed by atoms with Crippen LogP contribution in [0.3, 0.4) is 0 Å². The zero-order valence-electron chi connectivity index (χ0n) is 10.2. The molecule has 0 unspecified atom stereocenters. The Morgan fingerprint density at radius 1 is 1.33 bits per heavy atom. The van der Waals surface area contributed by atoms with Gasteiger partial charge in [-0.05, 0) is 12.0 Å². The molecule has 1 aromatic carbocycles. The Kier molecular flexibility index (Phi) is 4.52. The third kappa shape index (κ3) is 3.43. The van der Waals surface area contributed by atoms with Crippen LogP contribution in [0.15, 0.2) is 35.7 Å². The van der Waals surface area contributed by atoms with E-state index in [0.29, 0.717) is 10.9 Å². The second-order valence-electron chi connectivity index (χ2n) is 3.95. The number of rotatable bonds is 6. The number of carbonyl (C=O) groups is 1. The minimum atomic E-state index is 0.111. The summed E-state index contributed by atoms with van der Waals surface area (Å²) < 4.78 is 0. The van der Waals surface area contributed by atoms with Crippen molar-refractivity contribution in [1.82, 2.24) is 15.2 Å². The summed E-state index contributed by atoms with van der Waals surface area (Å²) >= 11 is 1.37. The van der Waals surface area contributed by atoms with Gasteiger partial charge in [0.05, 0.1) is 5.75 Å². The average Bonchev–Trinajstić information content (AvgIpc) is 2.90. The van der Waals surface area contributed by atoms with Gasteiger partial charge in [-0.3, -0.25) is 9.89 Å². The highest BCUT2D eigenvalue weighted by Gasteiger charge is 2.07. The molecule has 0 saturated heterocycles. The van der Waals surface area contributed by atoms with Crippen LogP contribution < -0.4 is 0 Å². The summed E-state index contributed by atoms with van der Waals surface area (Å²) in [6.45, 7) is 2.15. The number of Topliss-reactive ketones (excluding diaryl/α,β-unsaturated/α-hetero) is 1. The molecule has 0 fully saturated rings. The molecule has 0 bridgehead atoms. The first-order valence-electron chi connectivity index (χ1n) is 5.90. The predicted octanol–water partition coefficient (Wildman–Crippen LogP) is 2.73. The number of nitrogens with zero attached hydrogens (tertiary/aromatic N) is 2. The molecule has 0 saturated carbocycles. The van der Waals surface area contributed by atoms with Gasteiger partial charge in [-0.15, -0.1) is 0 Å². The van der Waals surface area contributed by atoms with Gasteiger partial charge in [-0.2, -0.15) is 5.10 Å². The quantitative estimate of drug-likeness (QED) is 0.641. The van der Waals surface area contributed by atoms with E-state index in [1.165, 1.54) is 23.7 Å². The Balaban J connectivity index is 1.92. The molecule has 94 valence electrons. The molecule has 18 heavy (non-hydrogen) atoms. The molecular formula is C13H15N3OS. The van der Waals surface area contributed by atoms with Crippen molar-refractivity contribution in [3.8, 4) is 0 Å². The minimum absolute atomic E-state index is 0.111. The lowest BCUT2D eigenvalue weighted by Gasteiger charge is -2.02. The number of hydrogen-bond acceptors (Lipinski definition) is 4. The van der Waals surface area contributed by atoms with E-state index in [1.807, 2.05) is 24.3 Å². The number of aromatic nitrogens is 3. The van der Waals surface area contributed by atoms with E-state index in [0.717, 1.165) is 18.4 Å². The van der Waals surface area contributed by atoms with Gasteiger partial charge in [-0.1, -0.05) is 49.4 Å².